The van der Waals surface area contributed by atoms with Crippen molar-refractivity contribution in [3.05, 3.63) is 11.8 Å². The molecule has 0 spiro atoms. The smallest absolute Gasteiger partial charge is 0.000832 e. The van der Waals surface area contributed by atoms with Gasteiger partial charge >= 0.3 is 0 Å². The lowest BCUT2D eigenvalue weighted by atomic mass is 10.2. The Balaban J connectivity index is 3.03. The normalized spacial score (nSPS) is 12.0. The van der Waals surface area contributed by atoms with E-state index in [2.05, 4.69) is 13.0 Å². The van der Waals surface area contributed by atoms with Gasteiger partial charge < -0.3 is 5.73 Å². The molecule has 2 N–H and O–H groups in total. The summed E-state index contributed by atoms with van der Waals surface area (Å²) < 4.78 is 0. The molecular formula is C7H15N. The quantitative estimate of drug-likeness (QED) is 0.557. The molecule has 0 aromatic heterocycles. The van der Waals surface area contributed by atoms with Crippen molar-refractivity contribution in [3.8, 4) is 0 Å². The molecule has 1 nitrogen and oxygen atoms in total. The molecule has 0 rings (SSSR count). The second kappa shape index (κ2) is 4.69. The number of hydrogen-bond donors (Lipinski definition) is 1. The molecule has 0 aliphatic carbocycles. The monoisotopic (exact) mass is 113 g/mol. The molecule has 48 valence electrons. The molecule has 0 atom stereocenters. The lowest BCUT2D eigenvalue weighted by Crippen LogP contribution is -1.88. The first-order chi connectivity index (χ1) is 3.77. The van der Waals surface area contributed by atoms with Gasteiger partial charge in [0.1, 0.15) is 0 Å². The van der Waals surface area contributed by atoms with E-state index in [1.165, 1.54) is 12.8 Å². The van der Waals surface area contributed by atoms with E-state index in [0.717, 1.165) is 12.1 Å². The SMILES string of the molecule is CCCC/C=C(\C)N. The summed E-state index contributed by atoms with van der Waals surface area (Å²) in [4.78, 5) is 0. The maximum absolute atomic E-state index is 5.39. The van der Waals surface area contributed by atoms with Crippen molar-refractivity contribution in [1.82, 2.24) is 0 Å². The van der Waals surface area contributed by atoms with Crippen LogP contribution in [0.4, 0.5) is 0 Å². The van der Waals surface area contributed by atoms with Gasteiger partial charge in [0.25, 0.3) is 0 Å². The zero-order valence-corrected chi connectivity index (χ0v) is 5.78. The van der Waals surface area contributed by atoms with Crippen molar-refractivity contribution in [2.75, 3.05) is 0 Å². The third-order valence-electron chi connectivity index (χ3n) is 1.02. The highest BCUT2D eigenvalue weighted by Gasteiger charge is 1.78. The maximum atomic E-state index is 5.39. The molecule has 0 fully saturated rings. The Bertz CT molecular complexity index is 70.5. The van der Waals surface area contributed by atoms with Gasteiger partial charge in [0.15, 0.2) is 0 Å². The van der Waals surface area contributed by atoms with Gasteiger partial charge in [-0.2, -0.15) is 0 Å². The van der Waals surface area contributed by atoms with Crippen LogP contribution in [0.25, 0.3) is 0 Å². The average Bonchev–Trinajstić information content (AvgIpc) is 1.66. The number of nitrogens with two attached hydrogens (primary N) is 1. The van der Waals surface area contributed by atoms with Gasteiger partial charge in [-0.25, -0.2) is 0 Å². The van der Waals surface area contributed by atoms with Crippen LogP contribution in [0.2, 0.25) is 0 Å². The van der Waals surface area contributed by atoms with Gasteiger partial charge in [-0.1, -0.05) is 25.8 Å². The summed E-state index contributed by atoms with van der Waals surface area (Å²) in [5.41, 5.74) is 6.34. The topological polar surface area (TPSA) is 26.0 Å². The number of allylic oxidation sites excluding steroid dienone is 2. The second-order valence-electron chi connectivity index (χ2n) is 2.09. The minimum atomic E-state index is 0.943. The minimum Gasteiger partial charge on any atom is -0.403 e. The van der Waals surface area contributed by atoms with E-state index in [0.29, 0.717) is 0 Å². The molecule has 0 heterocycles. The Morgan fingerprint density at radius 1 is 1.62 bits per heavy atom. The fourth-order valence-corrected chi connectivity index (χ4v) is 0.534. The van der Waals surface area contributed by atoms with E-state index in [9.17, 15) is 0 Å². The van der Waals surface area contributed by atoms with Crippen LogP contribution in [-0.4, -0.2) is 0 Å². The standard InChI is InChI=1S/C7H15N/c1-3-4-5-6-7(2)8/h6H,3-5,8H2,1-2H3/b7-6+. The van der Waals surface area contributed by atoms with Gasteiger partial charge in [0.2, 0.25) is 0 Å². The van der Waals surface area contributed by atoms with Gasteiger partial charge in [-0.3, -0.25) is 0 Å². The first-order valence-corrected chi connectivity index (χ1v) is 3.19. The van der Waals surface area contributed by atoms with E-state index in [-0.39, 0.29) is 0 Å². The van der Waals surface area contributed by atoms with Crippen LogP contribution in [0.1, 0.15) is 33.1 Å². The third kappa shape index (κ3) is 5.54. The predicted octanol–water partition coefficient (Wildman–Crippen LogP) is 2.04. The van der Waals surface area contributed by atoms with Crippen molar-refractivity contribution < 1.29 is 0 Å². The molecule has 0 bridgehead atoms. The summed E-state index contributed by atoms with van der Waals surface area (Å²) in [5, 5.41) is 0. The number of unbranched alkanes of at least 4 members (excludes halogenated alkanes) is 2. The summed E-state index contributed by atoms with van der Waals surface area (Å²) in [6, 6.07) is 0. The van der Waals surface area contributed by atoms with Crippen LogP contribution in [0.3, 0.4) is 0 Å². The summed E-state index contributed by atoms with van der Waals surface area (Å²) in [6.07, 6.45) is 5.72. The molecule has 1 heteroatoms. The van der Waals surface area contributed by atoms with E-state index >= 15 is 0 Å². The molecule has 8 heavy (non-hydrogen) atoms. The molecule has 0 radical (unpaired) electrons. The lowest BCUT2D eigenvalue weighted by Gasteiger charge is -1.89. The molecule has 0 aliphatic heterocycles. The Hall–Kier alpha value is -0.460. The molecule has 0 aromatic rings. The first-order valence-electron chi connectivity index (χ1n) is 3.19. The molecule has 0 saturated heterocycles. The van der Waals surface area contributed by atoms with Crippen molar-refractivity contribution in [2.45, 2.75) is 33.1 Å². The first kappa shape index (κ1) is 7.54. The van der Waals surface area contributed by atoms with Gasteiger partial charge in [0.05, 0.1) is 0 Å². The molecule has 0 aromatic carbocycles. The predicted molar refractivity (Wildman–Crippen MR) is 37.5 cm³/mol. The maximum Gasteiger partial charge on any atom is 0.000832 e. The Labute approximate surface area is 51.6 Å². The highest BCUT2D eigenvalue weighted by Crippen LogP contribution is 1.95. The fourth-order valence-electron chi connectivity index (χ4n) is 0.534. The van der Waals surface area contributed by atoms with Crippen molar-refractivity contribution in [1.29, 1.82) is 0 Å². The van der Waals surface area contributed by atoms with E-state index < -0.39 is 0 Å². The molecule has 0 amide bonds. The largest absolute Gasteiger partial charge is 0.403 e. The van der Waals surface area contributed by atoms with Gasteiger partial charge in [0, 0.05) is 5.70 Å². The highest BCUT2D eigenvalue weighted by molar-refractivity contribution is 4.90. The van der Waals surface area contributed by atoms with Crippen LogP contribution in [0.15, 0.2) is 11.8 Å². The Morgan fingerprint density at radius 3 is 2.62 bits per heavy atom. The molecule has 0 aliphatic rings. The van der Waals surface area contributed by atoms with E-state index in [4.69, 9.17) is 5.73 Å². The number of rotatable bonds is 3. The third-order valence-corrected chi connectivity index (χ3v) is 1.02. The van der Waals surface area contributed by atoms with Gasteiger partial charge in [-0.15, -0.1) is 0 Å². The summed E-state index contributed by atoms with van der Waals surface area (Å²) in [6.45, 7) is 4.11. The number of hydrogen-bond acceptors (Lipinski definition) is 1. The lowest BCUT2D eigenvalue weighted by molar-refractivity contribution is 0.810. The van der Waals surface area contributed by atoms with Crippen molar-refractivity contribution in [3.63, 3.8) is 0 Å². The zero-order chi connectivity index (χ0) is 6.41. The molecular weight excluding hydrogens is 98.1 g/mol. The van der Waals surface area contributed by atoms with Crippen LogP contribution in [0.5, 0.6) is 0 Å². The van der Waals surface area contributed by atoms with E-state index in [1.54, 1.807) is 0 Å². The minimum absolute atomic E-state index is 0.943. The van der Waals surface area contributed by atoms with Crippen molar-refractivity contribution >= 4 is 0 Å². The fraction of sp³-hybridized carbons (Fsp3) is 0.714. The van der Waals surface area contributed by atoms with Crippen LogP contribution >= 0.6 is 0 Å². The summed E-state index contributed by atoms with van der Waals surface area (Å²) in [5.74, 6) is 0. The average molecular weight is 113 g/mol. The Morgan fingerprint density at radius 2 is 2.25 bits per heavy atom. The summed E-state index contributed by atoms with van der Waals surface area (Å²) in [7, 11) is 0. The summed E-state index contributed by atoms with van der Waals surface area (Å²) >= 11 is 0. The van der Waals surface area contributed by atoms with Crippen LogP contribution in [0, 0.1) is 0 Å². The van der Waals surface area contributed by atoms with Crippen LogP contribution in [-0.2, 0) is 0 Å². The van der Waals surface area contributed by atoms with Crippen LogP contribution < -0.4 is 5.73 Å². The second-order valence-corrected chi connectivity index (χ2v) is 2.09. The highest BCUT2D eigenvalue weighted by atomic mass is 14.5. The molecule has 0 unspecified atom stereocenters. The Kier molecular flexibility index (Phi) is 4.42. The van der Waals surface area contributed by atoms with E-state index in [1.807, 2.05) is 6.92 Å². The zero-order valence-electron chi connectivity index (χ0n) is 5.78. The van der Waals surface area contributed by atoms with Crippen molar-refractivity contribution in [2.24, 2.45) is 5.73 Å². The molecule has 0 saturated carbocycles. The van der Waals surface area contributed by atoms with Gasteiger partial charge in [-0.05, 0) is 13.3 Å².